The number of hydrogen-bond acceptors (Lipinski definition) is 5. The molecule has 2 amide bonds. The fourth-order valence-electron chi connectivity index (χ4n) is 4.09. The molecular weight excluding hydrogens is 529 g/mol. The Bertz CT molecular complexity index is 1250. The third-order valence-corrected chi connectivity index (χ3v) is 6.61. The summed E-state index contributed by atoms with van der Waals surface area (Å²) >= 11 is 11.5. The number of halogens is 6. The third kappa shape index (κ3) is 4.39. The van der Waals surface area contributed by atoms with Gasteiger partial charge in [-0.1, -0.05) is 40.5 Å². The molecular formula is C23H19Cl2F4N3O4. The Kier molecular flexibility index (Phi) is 6.93. The summed E-state index contributed by atoms with van der Waals surface area (Å²) in [6, 6.07) is 5.15. The van der Waals surface area contributed by atoms with Crippen molar-refractivity contribution in [3.8, 4) is 0 Å². The summed E-state index contributed by atoms with van der Waals surface area (Å²) in [7, 11) is 0. The smallest absolute Gasteiger partial charge is 0.374 e. The molecule has 13 heteroatoms. The summed E-state index contributed by atoms with van der Waals surface area (Å²) in [6.07, 6.45) is -5.75. The number of carbonyl (C=O) groups is 2. The lowest BCUT2D eigenvalue weighted by Gasteiger charge is -2.29. The van der Waals surface area contributed by atoms with Crippen LogP contribution < -0.4 is 5.32 Å². The summed E-state index contributed by atoms with van der Waals surface area (Å²) in [6.45, 7) is 3.53. The van der Waals surface area contributed by atoms with Crippen molar-refractivity contribution in [2.75, 3.05) is 13.2 Å². The number of carbonyl (C=O) groups excluding carboxylic acids is 2. The number of alkyl halides is 3. The van der Waals surface area contributed by atoms with Crippen LogP contribution in [-0.2, 0) is 20.1 Å². The van der Waals surface area contributed by atoms with Gasteiger partial charge in [0, 0.05) is 29.7 Å². The van der Waals surface area contributed by atoms with E-state index in [2.05, 4.69) is 10.5 Å². The molecule has 1 saturated heterocycles. The average Bonchev–Trinajstić information content (AvgIpc) is 3.42. The van der Waals surface area contributed by atoms with Crippen molar-refractivity contribution < 1.29 is 36.8 Å². The molecule has 0 spiro atoms. The molecule has 36 heavy (non-hydrogen) atoms. The zero-order valence-electron chi connectivity index (χ0n) is 18.9. The second-order valence-electron chi connectivity index (χ2n) is 8.22. The van der Waals surface area contributed by atoms with Gasteiger partial charge in [-0.25, -0.2) is 9.45 Å². The highest BCUT2D eigenvalue weighted by atomic mass is 35.5. The maximum absolute atomic E-state index is 14.3. The number of likely N-dealkylation sites (N-methyl/N-ethyl adjacent to an activating group) is 1. The van der Waals surface area contributed by atoms with Crippen molar-refractivity contribution in [1.82, 2.24) is 10.4 Å². The first-order valence-corrected chi connectivity index (χ1v) is 11.5. The van der Waals surface area contributed by atoms with Gasteiger partial charge in [0.25, 0.3) is 17.4 Å². The van der Waals surface area contributed by atoms with E-state index in [1.165, 1.54) is 25.1 Å². The lowest BCUT2D eigenvalue weighted by molar-refractivity contribution is -0.275. The van der Waals surface area contributed by atoms with E-state index in [0.29, 0.717) is 12.1 Å². The van der Waals surface area contributed by atoms with Crippen LogP contribution in [0.2, 0.25) is 10.0 Å². The van der Waals surface area contributed by atoms with E-state index in [4.69, 9.17) is 32.9 Å². The lowest BCUT2D eigenvalue weighted by Crippen LogP contribution is -2.43. The predicted molar refractivity (Wildman–Crippen MR) is 122 cm³/mol. The van der Waals surface area contributed by atoms with Gasteiger partial charge in [-0.05, 0) is 37.6 Å². The summed E-state index contributed by atoms with van der Waals surface area (Å²) in [5.41, 5.74) is -2.88. The first-order valence-electron chi connectivity index (χ1n) is 10.7. The molecule has 0 saturated carbocycles. The Labute approximate surface area is 212 Å². The van der Waals surface area contributed by atoms with Crippen LogP contribution in [0, 0.1) is 12.7 Å². The number of benzene rings is 2. The van der Waals surface area contributed by atoms with Gasteiger partial charge >= 0.3 is 6.18 Å². The first-order chi connectivity index (χ1) is 16.9. The van der Waals surface area contributed by atoms with Gasteiger partial charge in [0.1, 0.15) is 12.6 Å². The quantitative estimate of drug-likeness (QED) is 0.426. The Morgan fingerprint density at radius 2 is 1.94 bits per heavy atom. The maximum Gasteiger partial charge on any atom is 0.435 e. The highest BCUT2D eigenvalue weighted by Gasteiger charge is 2.62. The summed E-state index contributed by atoms with van der Waals surface area (Å²) in [5.74, 6) is -2.06. The van der Waals surface area contributed by atoms with E-state index in [1.807, 2.05) is 0 Å². The fourth-order valence-corrected chi connectivity index (χ4v) is 4.58. The van der Waals surface area contributed by atoms with E-state index < -0.39 is 57.5 Å². The number of rotatable bonds is 5. The van der Waals surface area contributed by atoms with Crippen LogP contribution in [0.5, 0.6) is 0 Å². The van der Waals surface area contributed by atoms with Gasteiger partial charge in [-0.2, -0.15) is 13.2 Å². The lowest BCUT2D eigenvalue weighted by atomic mass is 9.85. The number of hydroxylamine groups is 2. The van der Waals surface area contributed by atoms with Crippen molar-refractivity contribution >= 4 is 40.7 Å². The van der Waals surface area contributed by atoms with Gasteiger partial charge in [0.15, 0.2) is 5.82 Å². The molecule has 1 fully saturated rings. The van der Waals surface area contributed by atoms with E-state index in [9.17, 15) is 27.2 Å². The minimum absolute atomic E-state index is 0.0331. The van der Waals surface area contributed by atoms with Crippen molar-refractivity contribution in [3.63, 3.8) is 0 Å². The Morgan fingerprint density at radius 1 is 1.28 bits per heavy atom. The molecule has 192 valence electrons. The van der Waals surface area contributed by atoms with Crippen molar-refractivity contribution in [1.29, 1.82) is 0 Å². The summed E-state index contributed by atoms with van der Waals surface area (Å²) in [5, 5.41) is 6.20. The summed E-state index contributed by atoms with van der Waals surface area (Å²) in [4.78, 5) is 35.3. The summed E-state index contributed by atoms with van der Waals surface area (Å²) < 4.78 is 56.8. The zero-order valence-corrected chi connectivity index (χ0v) is 20.4. The second-order valence-corrected chi connectivity index (χ2v) is 9.03. The molecule has 0 bridgehead atoms. The van der Waals surface area contributed by atoms with Gasteiger partial charge in [0.2, 0.25) is 0 Å². The van der Waals surface area contributed by atoms with Crippen LogP contribution in [-0.4, -0.2) is 48.0 Å². The van der Waals surface area contributed by atoms with Gasteiger partial charge in [-0.15, -0.1) is 0 Å². The molecule has 1 N–H and O–H groups in total. The number of nitrogens with one attached hydrogen (secondary N) is 1. The van der Waals surface area contributed by atoms with Crippen LogP contribution in [0.4, 0.5) is 17.6 Å². The monoisotopic (exact) mass is 547 g/mol. The van der Waals surface area contributed by atoms with Crippen molar-refractivity contribution in [2.24, 2.45) is 5.16 Å². The van der Waals surface area contributed by atoms with Crippen LogP contribution in [0.15, 0.2) is 35.5 Å². The molecule has 2 aliphatic rings. The predicted octanol–water partition coefficient (Wildman–Crippen LogP) is 4.92. The van der Waals surface area contributed by atoms with E-state index >= 15 is 0 Å². The van der Waals surface area contributed by atoms with Crippen LogP contribution in [0.25, 0.3) is 0 Å². The van der Waals surface area contributed by atoms with Gasteiger partial charge in [0.05, 0.1) is 15.8 Å². The molecule has 2 aromatic rings. The molecule has 2 heterocycles. The SMILES string of the molecule is CCN1OC[C@@H](NC(=O)c2cccc(C3=NOC(c4cc(Cl)c(F)c(Cl)c4)(C(F)(F)F)C3)c2C)C1=O. The number of oxime groups is 1. The minimum atomic E-state index is -4.97. The van der Waals surface area contributed by atoms with E-state index in [-0.39, 0.29) is 23.4 Å². The number of amides is 2. The van der Waals surface area contributed by atoms with Gasteiger partial charge < -0.3 is 10.2 Å². The molecule has 2 aliphatic heterocycles. The molecule has 4 rings (SSSR count). The average molecular weight is 548 g/mol. The number of hydrogen-bond donors (Lipinski definition) is 1. The molecule has 1 unspecified atom stereocenters. The molecule has 0 aromatic heterocycles. The molecule has 2 atom stereocenters. The van der Waals surface area contributed by atoms with Crippen molar-refractivity contribution in [2.45, 2.75) is 38.1 Å². The van der Waals surface area contributed by atoms with Crippen molar-refractivity contribution in [3.05, 3.63) is 68.4 Å². The standard InChI is InChI=1S/C23H19Cl2F4N3O4/c1-3-32-21(34)18(10-35-32)30-20(33)14-6-4-5-13(11(14)2)17-9-22(36-31-17,23(27,28)29)12-7-15(24)19(26)16(25)8-12/h4-8,18H,3,9-10H2,1-2H3,(H,30,33)/t18-,22?/m1/s1. The molecule has 0 aliphatic carbocycles. The molecule has 2 aromatic carbocycles. The highest BCUT2D eigenvalue weighted by molar-refractivity contribution is 6.35. The zero-order chi connectivity index (χ0) is 26.4. The van der Waals surface area contributed by atoms with Gasteiger partial charge in [-0.3, -0.25) is 14.4 Å². The fraction of sp³-hybridized carbons (Fsp3) is 0.348. The molecule has 7 nitrogen and oxygen atoms in total. The normalized spacial score (nSPS) is 22.0. The Hall–Kier alpha value is -2.89. The maximum atomic E-state index is 14.3. The minimum Gasteiger partial charge on any atom is -0.374 e. The second kappa shape index (κ2) is 9.53. The highest BCUT2D eigenvalue weighted by Crippen LogP contribution is 2.50. The number of nitrogens with zero attached hydrogens (tertiary/aromatic N) is 2. The largest absolute Gasteiger partial charge is 0.435 e. The van der Waals surface area contributed by atoms with Crippen LogP contribution >= 0.6 is 23.2 Å². The molecule has 0 radical (unpaired) electrons. The Morgan fingerprint density at radius 3 is 2.53 bits per heavy atom. The first kappa shape index (κ1) is 26.2. The van der Waals surface area contributed by atoms with Crippen LogP contribution in [0.3, 0.4) is 0 Å². The van der Waals surface area contributed by atoms with E-state index in [0.717, 1.165) is 17.2 Å². The van der Waals surface area contributed by atoms with E-state index in [1.54, 1.807) is 6.92 Å². The van der Waals surface area contributed by atoms with Crippen LogP contribution in [0.1, 0.15) is 40.4 Å². The Balaban J connectivity index is 1.64. The third-order valence-electron chi connectivity index (χ3n) is 6.06. The topological polar surface area (TPSA) is 80.2 Å².